The van der Waals surface area contributed by atoms with Crippen molar-refractivity contribution in [2.45, 2.75) is 13.0 Å². The Morgan fingerprint density at radius 1 is 1.17 bits per heavy atom. The van der Waals surface area contributed by atoms with Crippen LogP contribution in [0.3, 0.4) is 0 Å². The third-order valence-corrected chi connectivity index (χ3v) is 5.73. The number of rotatable bonds is 4. The molecule has 0 radical (unpaired) electrons. The van der Waals surface area contributed by atoms with Crippen molar-refractivity contribution in [3.63, 3.8) is 0 Å². The molecule has 0 spiro atoms. The molecule has 2 aromatic rings. The zero-order valence-electron chi connectivity index (χ0n) is 16.7. The summed E-state index contributed by atoms with van der Waals surface area (Å²) in [5.41, 5.74) is 1.73. The molecular weight excluding hydrogens is 452 g/mol. The van der Waals surface area contributed by atoms with Crippen LogP contribution in [0.4, 0.5) is 5.69 Å². The van der Waals surface area contributed by atoms with Crippen LogP contribution in [0, 0.1) is 6.92 Å². The van der Waals surface area contributed by atoms with Crippen LogP contribution in [0.5, 0.6) is 11.5 Å². The molecular formula is C22H23BrN2O5. The van der Waals surface area contributed by atoms with Gasteiger partial charge in [0.1, 0.15) is 11.5 Å². The van der Waals surface area contributed by atoms with Gasteiger partial charge in [0, 0.05) is 13.1 Å². The molecule has 2 aliphatic rings. The molecule has 4 rings (SSSR count). The van der Waals surface area contributed by atoms with E-state index in [0.717, 1.165) is 10.0 Å². The van der Waals surface area contributed by atoms with Gasteiger partial charge in [-0.25, -0.2) is 0 Å². The number of nitrogens with zero attached hydrogens (tertiary/aromatic N) is 2. The first kappa shape index (κ1) is 20.7. The van der Waals surface area contributed by atoms with Gasteiger partial charge in [0.25, 0.3) is 11.8 Å². The highest BCUT2D eigenvalue weighted by molar-refractivity contribution is 9.10. The van der Waals surface area contributed by atoms with Gasteiger partial charge in [0.15, 0.2) is 12.7 Å². The number of fused-ring (bicyclic) bond motifs is 1. The Morgan fingerprint density at radius 2 is 1.93 bits per heavy atom. The van der Waals surface area contributed by atoms with Gasteiger partial charge in [0.05, 0.1) is 29.9 Å². The molecule has 2 heterocycles. The van der Waals surface area contributed by atoms with E-state index in [2.05, 4.69) is 15.9 Å². The van der Waals surface area contributed by atoms with Gasteiger partial charge in [-0.3, -0.25) is 9.59 Å². The molecule has 0 aliphatic carbocycles. The van der Waals surface area contributed by atoms with Crippen LogP contribution in [0.25, 0.3) is 0 Å². The smallest absolute Gasteiger partial charge is 0.265 e. The predicted molar refractivity (Wildman–Crippen MR) is 115 cm³/mol. The number of halogens is 1. The summed E-state index contributed by atoms with van der Waals surface area (Å²) in [5.74, 6) is 0.738. The number of anilines is 1. The van der Waals surface area contributed by atoms with Gasteiger partial charge >= 0.3 is 0 Å². The first-order chi connectivity index (χ1) is 14.5. The average Bonchev–Trinajstić information content (AvgIpc) is 2.77. The summed E-state index contributed by atoms with van der Waals surface area (Å²) in [6, 6.07) is 12.9. The van der Waals surface area contributed by atoms with Crippen molar-refractivity contribution >= 4 is 33.4 Å². The quantitative estimate of drug-likeness (QED) is 0.681. The van der Waals surface area contributed by atoms with E-state index < -0.39 is 6.10 Å². The number of ether oxygens (including phenoxy) is 3. The number of hydrogen-bond donors (Lipinski definition) is 0. The lowest BCUT2D eigenvalue weighted by Gasteiger charge is -2.37. The number of carbonyl (C=O) groups excluding carboxylic acids is 2. The van der Waals surface area contributed by atoms with Gasteiger partial charge < -0.3 is 24.0 Å². The SMILES string of the molecule is Cc1ccc(OCC(=O)N2CC(C(=O)N3CCOCC3)Oc3ccccc32)c(Br)c1. The number of para-hydroxylation sites is 2. The summed E-state index contributed by atoms with van der Waals surface area (Å²) >= 11 is 3.46. The minimum atomic E-state index is -0.756. The van der Waals surface area contributed by atoms with Crippen LogP contribution in [0.1, 0.15) is 5.56 Å². The Bertz CT molecular complexity index is 945. The monoisotopic (exact) mass is 474 g/mol. The van der Waals surface area contributed by atoms with Crippen LogP contribution >= 0.6 is 15.9 Å². The van der Waals surface area contributed by atoms with E-state index in [1.807, 2.05) is 43.3 Å². The minimum absolute atomic E-state index is 0.132. The molecule has 0 saturated carbocycles. The van der Waals surface area contributed by atoms with Crippen LogP contribution in [0.15, 0.2) is 46.9 Å². The number of hydrogen-bond acceptors (Lipinski definition) is 5. The maximum atomic E-state index is 13.0. The molecule has 7 nitrogen and oxygen atoms in total. The fourth-order valence-corrected chi connectivity index (χ4v) is 4.13. The van der Waals surface area contributed by atoms with Crippen molar-refractivity contribution in [1.82, 2.24) is 4.90 Å². The first-order valence-corrected chi connectivity index (χ1v) is 10.6. The molecule has 1 fully saturated rings. The van der Waals surface area contributed by atoms with Crippen molar-refractivity contribution in [3.8, 4) is 11.5 Å². The summed E-state index contributed by atoms with van der Waals surface area (Å²) in [7, 11) is 0. The fourth-order valence-electron chi connectivity index (χ4n) is 3.53. The van der Waals surface area contributed by atoms with E-state index in [0.29, 0.717) is 43.5 Å². The van der Waals surface area contributed by atoms with E-state index in [9.17, 15) is 9.59 Å². The summed E-state index contributed by atoms with van der Waals surface area (Å²) in [6.45, 7) is 4.06. The largest absolute Gasteiger partial charge is 0.483 e. The lowest BCUT2D eigenvalue weighted by molar-refractivity contribution is -0.142. The highest BCUT2D eigenvalue weighted by Gasteiger charge is 2.36. The van der Waals surface area contributed by atoms with Crippen molar-refractivity contribution in [1.29, 1.82) is 0 Å². The lowest BCUT2D eigenvalue weighted by Crippen LogP contribution is -2.54. The topological polar surface area (TPSA) is 68.3 Å². The van der Waals surface area contributed by atoms with Crippen LogP contribution < -0.4 is 14.4 Å². The van der Waals surface area contributed by atoms with Gasteiger partial charge in [-0.1, -0.05) is 18.2 Å². The summed E-state index contributed by atoms with van der Waals surface area (Å²) in [5, 5.41) is 0. The molecule has 158 valence electrons. The zero-order chi connectivity index (χ0) is 21.1. The molecule has 30 heavy (non-hydrogen) atoms. The van der Waals surface area contributed by atoms with Crippen LogP contribution in [-0.2, 0) is 14.3 Å². The molecule has 0 aromatic heterocycles. The van der Waals surface area contributed by atoms with Crippen molar-refractivity contribution in [2.24, 2.45) is 0 Å². The molecule has 1 saturated heterocycles. The number of aryl methyl sites for hydroxylation is 1. The van der Waals surface area contributed by atoms with Gasteiger partial charge in [-0.05, 0) is 52.7 Å². The van der Waals surface area contributed by atoms with Crippen molar-refractivity contribution < 1.29 is 23.8 Å². The predicted octanol–water partition coefficient (Wildman–Crippen LogP) is 2.79. The Morgan fingerprint density at radius 3 is 2.70 bits per heavy atom. The number of carbonyl (C=O) groups is 2. The number of morpholine rings is 1. The van der Waals surface area contributed by atoms with Crippen molar-refractivity contribution in [2.75, 3.05) is 44.4 Å². The zero-order valence-corrected chi connectivity index (χ0v) is 18.3. The Labute approximate surface area is 183 Å². The van der Waals surface area contributed by atoms with E-state index in [1.54, 1.807) is 15.9 Å². The second kappa shape index (κ2) is 9.06. The third-order valence-electron chi connectivity index (χ3n) is 5.11. The van der Waals surface area contributed by atoms with E-state index in [1.165, 1.54) is 0 Å². The van der Waals surface area contributed by atoms with E-state index in [-0.39, 0.29) is 25.0 Å². The molecule has 1 atom stereocenters. The summed E-state index contributed by atoms with van der Waals surface area (Å²) in [6.07, 6.45) is -0.756. The second-order valence-corrected chi connectivity index (χ2v) is 8.09. The Balaban J connectivity index is 1.50. The first-order valence-electron chi connectivity index (χ1n) is 9.84. The highest BCUT2D eigenvalue weighted by atomic mass is 79.9. The molecule has 8 heteroatoms. The molecule has 1 unspecified atom stereocenters. The van der Waals surface area contributed by atoms with Gasteiger partial charge in [-0.2, -0.15) is 0 Å². The van der Waals surface area contributed by atoms with Crippen LogP contribution in [0.2, 0.25) is 0 Å². The third kappa shape index (κ3) is 4.44. The van der Waals surface area contributed by atoms with Gasteiger partial charge in [0.2, 0.25) is 0 Å². The second-order valence-electron chi connectivity index (χ2n) is 7.24. The molecule has 0 N–H and O–H groups in total. The van der Waals surface area contributed by atoms with Gasteiger partial charge in [-0.15, -0.1) is 0 Å². The van der Waals surface area contributed by atoms with E-state index >= 15 is 0 Å². The maximum Gasteiger partial charge on any atom is 0.265 e. The minimum Gasteiger partial charge on any atom is -0.483 e. The average molecular weight is 475 g/mol. The Kier molecular flexibility index (Phi) is 6.24. The normalized spacial score (nSPS) is 18.4. The summed E-state index contributed by atoms with van der Waals surface area (Å²) < 4.78 is 17.8. The Hall–Kier alpha value is -2.58. The highest BCUT2D eigenvalue weighted by Crippen LogP contribution is 2.34. The fraction of sp³-hybridized carbons (Fsp3) is 0.364. The number of benzene rings is 2. The summed E-state index contributed by atoms with van der Waals surface area (Å²) in [4.78, 5) is 29.3. The number of amides is 2. The van der Waals surface area contributed by atoms with Crippen molar-refractivity contribution in [3.05, 3.63) is 52.5 Å². The standard InChI is InChI=1S/C22H23BrN2O5/c1-15-6-7-18(16(23)12-15)29-14-21(26)25-13-20(22(27)24-8-10-28-11-9-24)30-19-5-3-2-4-17(19)25/h2-7,12,20H,8-11,13-14H2,1H3. The maximum absolute atomic E-state index is 13.0. The molecule has 0 bridgehead atoms. The molecule has 2 amide bonds. The molecule has 2 aliphatic heterocycles. The lowest BCUT2D eigenvalue weighted by atomic mass is 10.1. The van der Waals surface area contributed by atoms with E-state index in [4.69, 9.17) is 14.2 Å². The molecule has 2 aromatic carbocycles. The van der Waals surface area contributed by atoms with Crippen LogP contribution in [-0.4, -0.2) is 62.3 Å².